The van der Waals surface area contributed by atoms with Gasteiger partial charge in [0, 0.05) is 30.4 Å². The predicted molar refractivity (Wildman–Crippen MR) is 92.7 cm³/mol. The Bertz CT molecular complexity index is 845. The third-order valence-electron chi connectivity index (χ3n) is 3.43. The van der Waals surface area contributed by atoms with Crippen LogP contribution in [0.25, 0.3) is 0 Å². The first-order valence-corrected chi connectivity index (χ1v) is 8.70. The highest BCUT2D eigenvalue weighted by Crippen LogP contribution is 2.25. The van der Waals surface area contributed by atoms with Gasteiger partial charge in [-0.1, -0.05) is 6.07 Å². The van der Waals surface area contributed by atoms with Crippen molar-refractivity contribution < 1.29 is 13.5 Å². The third-order valence-corrected chi connectivity index (χ3v) is 4.19. The molecule has 0 bridgehead atoms. The van der Waals surface area contributed by atoms with Crippen LogP contribution in [-0.2, 0) is 24.2 Å². The summed E-state index contributed by atoms with van der Waals surface area (Å²) < 4.78 is 28.6. The standard InChI is InChI=1S/C18H17N3O3S/c22-25(23)18-7-6-16(24-17-5-3-8-19-13-17)10-14(18)11-20-12-15-4-1-2-9-21-15/h1-10,13,20H,11-12H2,(H,22,23)/p-1. The zero-order valence-electron chi connectivity index (χ0n) is 13.3. The van der Waals surface area contributed by atoms with Crippen molar-refractivity contribution in [1.82, 2.24) is 15.3 Å². The van der Waals surface area contributed by atoms with E-state index in [1.165, 1.54) is 6.07 Å². The molecule has 1 atom stereocenters. The molecule has 0 aliphatic heterocycles. The molecule has 0 amide bonds. The van der Waals surface area contributed by atoms with Crippen molar-refractivity contribution in [2.75, 3.05) is 0 Å². The lowest BCUT2D eigenvalue weighted by atomic mass is 10.2. The molecular weight excluding hydrogens is 338 g/mol. The van der Waals surface area contributed by atoms with Crippen LogP contribution in [0.1, 0.15) is 11.3 Å². The molecule has 0 radical (unpaired) electrons. The molecule has 2 aromatic heterocycles. The van der Waals surface area contributed by atoms with E-state index >= 15 is 0 Å². The van der Waals surface area contributed by atoms with Gasteiger partial charge >= 0.3 is 0 Å². The summed E-state index contributed by atoms with van der Waals surface area (Å²) >= 11 is -2.32. The minimum Gasteiger partial charge on any atom is -0.768 e. The van der Waals surface area contributed by atoms with Crippen molar-refractivity contribution in [3.63, 3.8) is 0 Å². The Morgan fingerprint density at radius 1 is 1.04 bits per heavy atom. The Labute approximate surface area is 148 Å². The lowest BCUT2D eigenvalue weighted by Crippen LogP contribution is -2.15. The van der Waals surface area contributed by atoms with E-state index in [-0.39, 0.29) is 4.90 Å². The summed E-state index contributed by atoms with van der Waals surface area (Å²) in [6.45, 7) is 0.920. The van der Waals surface area contributed by atoms with Gasteiger partial charge in [-0.3, -0.25) is 14.2 Å². The number of rotatable bonds is 7. The molecule has 1 aromatic carbocycles. The molecule has 2 heterocycles. The first kappa shape index (κ1) is 17.2. The van der Waals surface area contributed by atoms with E-state index in [1.54, 1.807) is 42.9 Å². The molecule has 0 aliphatic carbocycles. The van der Waals surface area contributed by atoms with Crippen molar-refractivity contribution in [3.8, 4) is 11.5 Å². The maximum atomic E-state index is 11.4. The van der Waals surface area contributed by atoms with Gasteiger partial charge < -0.3 is 14.6 Å². The molecule has 0 fully saturated rings. The molecule has 1 N–H and O–H groups in total. The number of nitrogens with zero attached hydrogens (tertiary/aromatic N) is 2. The van der Waals surface area contributed by atoms with E-state index in [0.29, 0.717) is 30.2 Å². The molecule has 6 nitrogen and oxygen atoms in total. The fraction of sp³-hybridized carbons (Fsp3) is 0.111. The quantitative estimate of drug-likeness (QED) is 0.657. The van der Waals surface area contributed by atoms with Crippen molar-refractivity contribution in [2.45, 2.75) is 18.0 Å². The summed E-state index contributed by atoms with van der Waals surface area (Å²) in [6, 6.07) is 14.1. The third kappa shape index (κ3) is 4.93. The molecule has 3 aromatic rings. The van der Waals surface area contributed by atoms with Crippen LogP contribution in [0.2, 0.25) is 0 Å². The van der Waals surface area contributed by atoms with Gasteiger partial charge in [0.15, 0.2) is 0 Å². The molecule has 3 rings (SSSR count). The molecule has 128 valence electrons. The van der Waals surface area contributed by atoms with Gasteiger partial charge in [0.2, 0.25) is 0 Å². The van der Waals surface area contributed by atoms with E-state index in [1.807, 2.05) is 18.2 Å². The van der Waals surface area contributed by atoms with Crippen molar-refractivity contribution in [2.24, 2.45) is 0 Å². The second kappa shape index (κ2) is 8.48. The lowest BCUT2D eigenvalue weighted by Gasteiger charge is -2.15. The van der Waals surface area contributed by atoms with Crippen LogP contribution in [0.4, 0.5) is 0 Å². The summed E-state index contributed by atoms with van der Waals surface area (Å²) in [4.78, 5) is 8.46. The number of nitrogens with one attached hydrogen (secondary N) is 1. The maximum Gasteiger partial charge on any atom is 0.145 e. The first-order valence-electron chi connectivity index (χ1n) is 7.63. The number of benzene rings is 1. The van der Waals surface area contributed by atoms with Gasteiger partial charge in [-0.15, -0.1) is 0 Å². The Morgan fingerprint density at radius 2 is 1.96 bits per heavy atom. The monoisotopic (exact) mass is 354 g/mol. The highest BCUT2D eigenvalue weighted by atomic mass is 32.2. The Morgan fingerprint density at radius 3 is 2.68 bits per heavy atom. The summed E-state index contributed by atoms with van der Waals surface area (Å²) in [5.41, 5.74) is 1.51. The van der Waals surface area contributed by atoms with Crippen molar-refractivity contribution in [3.05, 3.63) is 78.4 Å². The molecule has 0 saturated carbocycles. The van der Waals surface area contributed by atoms with E-state index in [4.69, 9.17) is 4.74 Å². The fourth-order valence-electron chi connectivity index (χ4n) is 2.29. The smallest absolute Gasteiger partial charge is 0.145 e. The number of hydrogen-bond donors (Lipinski definition) is 1. The zero-order valence-corrected chi connectivity index (χ0v) is 14.1. The zero-order chi connectivity index (χ0) is 17.5. The summed E-state index contributed by atoms with van der Waals surface area (Å²) in [7, 11) is 0. The largest absolute Gasteiger partial charge is 0.768 e. The van der Waals surface area contributed by atoms with E-state index in [0.717, 1.165) is 5.69 Å². The Balaban J connectivity index is 1.73. The van der Waals surface area contributed by atoms with Crippen LogP contribution in [0.5, 0.6) is 11.5 Å². The van der Waals surface area contributed by atoms with Crippen LogP contribution in [0, 0.1) is 0 Å². The second-order valence-electron chi connectivity index (χ2n) is 5.22. The highest BCUT2D eigenvalue weighted by Gasteiger charge is 2.07. The minimum absolute atomic E-state index is 0.243. The van der Waals surface area contributed by atoms with E-state index < -0.39 is 11.1 Å². The Hall–Kier alpha value is -2.61. The van der Waals surface area contributed by atoms with Crippen molar-refractivity contribution in [1.29, 1.82) is 0 Å². The van der Waals surface area contributed by atoms with Gasteiger partial charge in [-0.25, -0.2) is 0 Å². The van der Waals surface area contributed by atoms with Crippen LogP contribution >= 0.6 is 0 Å². The van der Waals surface area contributed by atoms with E-state index in [2.05, 4.69) is 15.3 Å². The van der Waals surface area contributed by atoms with Gasteiger partial charge in [-0.05, 0) is 59.1 Å². The van der Waals surface area contributed by atoms with Gasteiger partial charge in [0.25, 0.3) is 0 Å². The second-order valence-corrected chi connectivity index (χ2v) is 6.13. The van der Waals surface area contributed by atoms with Gasteiger partial charge in [-0.2, -0.15) is 0 Å². The predicted octanol–water partition coefficient (Wildman–Crippen LogP) is 2.80. The molecular formula is C18H16N3O3S-. The average molecular weight is 354 g/mol. The minimum atomic E-state index is -2.32. The number of ether oxygens (including phenoxy) is 1. The number of hydrogen-bond acceptors (Lipinski definition) is 6. The van der Waals surface area contributed by atoms with Crippen LogP contribution in [0.3, 0.4) is 0 Å². The summed E-state index contributed by atoms with van der Waals surface area (Å²) in [6.07, 6.45) is 4.97. The van der Waals surface area contributed by atoms with Crippen molar-refractivity contribution >= 4 is 11.1 Å². The van der Waals surface area contributed by atoms with Crippen LogP contribution in [-0.4, -0.2) is 18.7 Å². The molecule has 1 unspecified atom stereocenters. The number of pyridine rings is 2. The molecule has 0 aliphatic rings. The van der Waals surface area contributed by atoms with Gasteiger partial charge in [0.1, 0.15) is 11.5 Å². The molecule has 0 saturated heterocycles. The topological polar surface area (TPSA) is 87.2 Å². The van der Waals surface area contributed by atoms with Gasteiger partial charge in [0.05, 0.1) is 11.9 Å². The number of aromatic nitrogens is 2. The normalized spacial score (nSPS) is 11.9. The molecule has 0 spiro atoms. The van der Waals surface area contributed by atoms with Crippen LogP contribution in [0.15, 0.2) is 72.0 Å². The summed E-state index contributed by atoms with van der Waals surface area (Å²) in [5.74, 6) is 1.14. The Kier molecular flexibility index (Phi) is 5.84. The lowest BCUT2D eigenvalue weighted by molar-refractivity contribution is 0.478. The average Bonchev–Trinajstić information content (AvgIpc) is 2.63. The SMILES string of the molecule is O=S([O-])c1ccc(Oc2cccnc2)cc1CNCc1ccccn1. The summed E-state index contributed by atoms with van der Waals surface area (Å²) in [5, 5.41) is 3.20. The highest BCUT2D eigenvalue weighted by molar-refractivity contribution is 7.79. The molecule has 25 heavy (non-hydrogen) atoms. The molecule has 7 heteroatoms. The first-order chi connectivity index (χ1) is 12.2. The fourth-order valence-corrected chi connectivity index (χ4v) is 2.82. The van der Waals surface area contributed by atoms with Crippen LogP contribution < -0.4 is 10.1 Å². The maximum absolute atomic E-state index is 11.4. The van der Waals surface area contributed by atoms with E-state index in [9.17, 15) is 8.76 Å².